The first-order chi connectivity index (χ1) is 19.7. The molecule has 218 valence electrons. The van der Waals surface area contributed by atoms with Crippen molar-refractivity contribution in [3.05, 3.63) is 71.8 Å². The molecule has 0 bridgehead atoms. The predicted molar refractivity (Wildman–Crippen MR) is 154 cm³/mol. The van der Waals surface area contributed by atoms with E-state index < -0.39 is 40.6 Å². The van der Waals surface area contributed by atoms with Crippen LogP contribution in [-0.2, 0) is 26.3 Å². The SMILES string of the molecule is CCC12C=CCN3CC[C@@]4(c5ccc(OC)cc5N(C)[C@H]4[C@@](O)(CNC(=O)OCc4ccccc4)[C@@H]1OC(C)=O)[C@@H]32. The van der Waals surface area contributed by atoms with Crippen LogP contribution >= 0.6 is 0 Å². The molecule has 3 heterocycles. The molecule has 0 radical (unpaired) electrons. The minimum atomic E-state index is -1.65. The molecule has 1 saturated carbocycles. The molecule has 1 saturated heterocycles. The maximum atomic E-state index is 13.0. The Kier molecular flexibility index (Phi) is 6.77. The third-order valence-corrected chi connectivity index (χ3v) is 9.95. The van der Waals surface area contributed by atoms with Crippen molar-refractivity contribution >= 4 is 17.7 Å². The molecule has 9 nitrogen and oxygen atoms in total. The van der Waals surface area contributed by atoms with Crippen LogP contribution in [-0.4, -0.2) is 79.6 Å². The van der Waals surface area contributed by atoms with E-state index in [4.69, 9.17) is 14.2 Å². The van der Waals surface area contributed by atoms with Gasteiger partial charge in [-0.1, -0.05) is 55.5 Å². The summed E-state index contributed by atoms with van der Waals surface area (Å²) >= 11 is 0. The standard InChI is InChI=1S/C32H39N3O6/c1-5-30-14-9-16-35-17-15-31(26(30)35)24-13-12-23(39-4)18-25(24)34(3)27(31)32(38,28(30)41-21(2)36)20-33-29(37)40-19-22-10-7-6-8-11-22/h6-14,18,26-28,38H,5,15-17,19-20H2,1-4H3,(H,33,37)/t26-,27+,28+,30?,31+,32-/m0/s1. The number of esters is 1. The van der Waals surface area contributed by atoms with E-state index in [0.29, 0.717) is 6.42 Å². The van der Waals surface area contributed by atoms with Gasteiger partial charge in [-0.25, -0.2) is 4.79 Å². The Morgan fingerprint density at radius 2 is 1.93 bits per heavy atom. The van der Waals surface area contributed by atoms with E-state index >= 15 is 0 Å². The highest BCUT2D eigenvalue weighted by atomic mass is 16.6. The number of likely N-dealkylation sites (N-methyl/N-ethyl adjacent to an activating group) is 1. The van der Waals surface area contributed by atoms with E-state index in [0.717, 1.165) is 42.1 Å². The van der Waals surface area contributed by atoms with E-state index in [-0.39, 0.29) is 19.2 Å². The number of aliphatic hydroxyl groups is 1. The number of fused-ring (bicyclic) bond motifs is 1. The van der Waals surface area contributed by atoms with Crippen LogP contribution in [0, 0.1) is 5.41 Å². The lowest BCUT2D eigenvalue weighted by atomic mass is 9.47. The number of alkyl carbamates (subject to hydrolysis) is 1. The highest BCUT2D eigenvalue weighted by Crippen LogP contribution is 2.67. The summed E-state index contributed by atoms with van der Waals surface area (Å²) in [7, 11) is 3.62. The van der Waals surface area contributed by atoms with Crippen molar-refractivity contribution < 1.29 is 28.9 Å². The summed E-state index contributed by atoms with van der Waals surface area (Å²) in [6.45, 7) is 5.07. The Hall–Kier alpha value is -3.56. The lowest BCUT2D eigenvalue weighted by Crippen LogP contribution is -2.81. The first-order valence-corrected chi connectivity index (χ1v) is 14.4. The van der Waals surface area contributed by atoms with Gasteiger partial charge < -0.3 is 29.5 Å². The van der Waals surface area contributed by atoms with Gasteiger partial charge in [-0.3, -0.25) is 9.69 Å². The van der Waals surface area contributed by atoms with Gasteiger partial charge in [-0.05, 0) is 36.6 Å². The van der Waals surface area contributed by atoms with Gasteiger partial charge in [0.1, 0.15) is 24.1 Å². The Morgan fingerprint density at radius 1 is 1.15 bits per heavy atom. The Bertz CT molecular complexity index is 1370. The van der Waals surface area contributed by atoms with Gasteiger partial charge in [0.2, 0.25) is 0 Å². The summed E-state index contributed by atoms with van der Waals surface area (Å²) in [5, 5.41) is 15.9. The molecule has 1 aliphatic carbocycles. The number of amides is 1. The molecular formula is C32H39N3O6. The first kappa shape index (κ1) is 27.6. The predicted octanol–water partition coefficient (Wildman–Crippen LogP) is 3.39. The van der Waals surface area contributed by atoms with Crippen LogP contribution in [0.3, 0.4) is 0 Å². The third kappa shape index (κ3) is 3.96. The van der Waals surface area contributed by atoms with Crippen LogP contribution < -0.4 is 15.0 Å². The molecule has 1 spiro atoms. The van der Waals surface area contributed by atoms with E-state index in [1.54, 1.807) is 7.11 Å². The summed E-state index contributed by atoms with van der Waals surface area (Å²) in [5.74, 6) is 0.261. The van der Waals surface area contributed by atoms with Crippen molar-refractivity contribution in [3.63, 3.8) is 0 Å². The summed E-state index contributed by atoms with van der Waals surface area (Å²) in [5.41, 5.74) is 0.189. The number of rotatable bonds is 7. The molecule has 1 unspecified atom stereocenters. The van der Waals surface area contributed by atoms with Crippen LogP contribution in [0.5, 0.6) is 5.75 Å². The summed E-state index contributed by atoms with van der Waals surface area (Å²) < 4.78 is 17.2. The highest BCUT2D eigenvalue weighted by molar-refractivity contribution is 5.72. The average Bonchev–Trinajstić information content (AvgIpc) is 3.49. The number of ether oxygens (including phenoxy) is 3. The van der Waals surface area contributed by atoms with Crippen LogP contribution in [0.4, 0.5) is 10.5 Å². The van der Waals surface area contributed by atoms with E-state index in [2.05, 4.69) is 40.3 Å². The molecule has 9 heteroatoms. The van der Waals surface area contributed by atoms with Gasteiger partial charge >= 0.3 is 12.1 Å². The summed E-state index contributed by atoms with van der Waals surface area (Å²) in [4.78, 5) is 30.2. The summed E-state index contributed by atoms with van der Waals surface area (Å²) in [6.07, 6.45) is 4.20. The fourth-order valence-electron chi connectivity index (χ4n) is 8.63. The van der Waals surface area contributed by atoms with Crippen molar-refractivity contribution in [2.45, 2.75) is 62.5 Å². The molecule has 1 amide bonds. The average molecular weight is 562 g/mol. The lowest BCUT2D eigenvalue weighted by molar-refractivity contribution is -0.217. The largest absolute Gasteiger partial charge is 0.497 e. The maximum Gasteiger partial charge on any atom is 0.407 e. The Morgan fingerprint density at radius 3 is 2.63 bits per heavy atom. The Labute approximate surface area is 241 Å². The number of nitrogens with zero attached hydrogens (tertiary/aromatic N) is 2. The van der Waals surface area contributed by atoms with E-state index in [1.165, 1.54) is 6.92 Å². The number of benzene rings is 2. The number of nitrogens with one attached hydrogen (secondary N) is 1. The number of anilines is 1. The van der Waals surface area contributed by atoms with E-state index in [9.17, 15) is 14.7 Å². The molecule has 41 heavy (non-hydrogen) atoms. The first-order valence-electron chi connectivity index (χ1n) is 14.4. The van der Waals surface area contributed by atoms with Gasteiger partial charge in [0.15, 0.2) is 0 Å². The quantitative estimate of drug-likeness (QED) is 0.392. The molecule has 2 aromatic carbocycles. The topological polar surface area (TPSA) is 101 Å². The minimum Gasteiger partial charge on any atom is -0.497 e. The summed E-state index contributed by atoms with van der Waals surface area (Å²) in [6, 6.07) is 15.1. The lowest BCUT2D eigenvalue weighted by Gasteiger charge is -2.64. The molecule has 2 aromatic rings. The monoisotopic (exact) mass is 561 g/mol. The zero-order chi connectivity index (χ0) is 29.0. The maximum absolute atomic E-state index is 13.0. The number of methoxy groups -OCH3 is 1. The zero-order valence-corrected chi connectivity index (χ0v) is 24.1. The molecular weight excluding hydrogens is 522 g/mol. The Balaban J connectivity index is 1.45. The van der Waals surface area contributed by atoms with Crippen molar-refractivity contribution in [3.8, 4) is 5.75 Å². The number of carbonyl (C=O) groups is 2. The molecule has 6 rings (SSSR count). The molecule has 2 N–H and O–H groups in total. The smallest absolute Gasteiger partial charge is 0.407 e. The second-order valence-electron chi connectivity index (χ2n) is 11.8. The molecule has 0 aromatic heterocycles. The fraction of sp³-hybridized carbons (Fsp3) is 0.500. The highest BCUT2D eigenvalue weighted by Gasteiger charge is 2.77. The van der Waals surface area contributed by atoms with Gasteiger partial charge in [-0.15, -0.1) is 0 Å². The van der Waals surface area contributed by atoms with Crippen LogP contribution in [0.25, 0.3) is 0 Å². The molecule has 4 aliphatic rings. The van der Waals surface area contributed by atoms with Gasteiger partial charge in [-0.2, -0.15) is 0 Å². The van der Waals surface area contributed by atoms with Crippen LogP contribution in [0.2, 0.25) is 0 Å². The van der Waals surface area contributed by atoms with Gasteiger partial charge in [0.25, 0.3) is 0 Å². The number of hydrogen-bond acceptors (Lipinski definition) is 8. The van der Waals surface area contributed by atoms with E-state index in [1.807, 2.05) is 49.5 Å². The van der Waals surface area contributed by atoms with Crippen LogP contribution in [0.15, 0.2) is 60.7 Å². The van der Waals surface area contributed by atoms with Gasteiger partial charge in [0.05, 0.1) is 19.7 Å². The van der Waals surface area contributed by atoms with Gasteiger partial charge in [0, 0.05) is 49.1 Å². The zero-order valence-electron chi connectivity index (χ0n) is 24.1. The van der Waals surface area contributed by atoms with Crippen molar-refractivity contribution in [1.29, 1.82) is 0 Å². The minimum absolute atomic E-state index is 0.0123. The van der Waals surface area contributed by atoms with Crippen LogP contribution in [0.1, 0.15) is 37.8 Å². The molecule has 3 aliphatic heterocycles. The third-order valence-electron chi connectivity index (χ3n) is 9.95. The van der Waals surface area contributed by atoms with Crippen molar-refractivity contribution in [2.24, 2.45) is 5.41 Å². The second-order valence-corrected chi connectivity index (χ2v) is 11.8. The molecule has 6 atom stereocenters. The second kappa shape index (κ2) is 10.1. The number of carbonyl (C=O) groups excluding carboxylic acids is 2. The number of hydrogen-bond donors (Lipinski definition) is 2. The fourth-order valence-corrected chi connectivity index (χ4v) is 8.63. The molecule has 2 fully saturated rings. The van der Waals surface area contributed by atoms with Crippen molar-refractivity contribution in [1.82, 2.24) is 10.2 Å². The van der Waals surface area contributed by atoms with Crippen molar-refractivity contribution in [2.75, 3.05) is 38.7 Å². The normalized spacial score (nSPS) is 33.0.